The number of piperidine rings is 2. The number of aliphatic hydroxyl groups is 1. The Bertz CT molecular complexity index is 919. The second-order valence-corrected chi connectivity index (χ2v) is 14.9. The first-order valence-corrected chi connectivity index (χ1v) is 14.7. The molecule has 4 saturated heterocycles. The molecule has 4 aliphatic heterocycles. The zero-order valence-electron chi connectivity index (χ0n) is 22.2. The highest BCUT2D eigenvalue weighted by Gasteiger charge is 2.80. The summed E-state index contributed by atoms with van der Waals surface area (Å²) in [6.45, 7) is 13.2. The van der Waals surface area contributed by atoms with Crippen LogP contribution < -0.4 is 0 Å². The van der Waals surface area contributed by atoms with Crippen molar-refractivity contribution in [1.82, 2.24) is 4.90 Å². The maximum atomic E-state index is 13.1. The number of ether oxygens (including phenoxy) is 1. The first-order chi connectivity index (χ1) is 16.0. The zero-order valence-corrected chi connectivity index (χ0v) is 22.2. The summed E-state index contributed by atoms with van der Waals surface area (Å²) in [7, 11) is 0. The van der Waals surface area contributed by atoms with Crippen LogP contribution in [0.1, 0.15) is 105 Å². The van der Waals surface area contributed by atoms with Gasteiger partial charge in [-0.25, -0.2) is 0 Å². The number of esters is 1. The molecule has 1 spiro atoms. The van der Waals surface area contributed by atoms with Gasteiger partial charge in [-0.3, -0.25) is 9.69 Å². The van der Waals surface area contributed by atoms with E-state index in [2.05, 4.69) is 32.6 Å². The van der Waals surface area contributed by atoms with E-state index in [4.69, 9.17) is 4.74 Å². The number of carbonyl (C=O) groups is 1. The van der Waals surface area contributed by atoms with E-state index < -0.39 is 17.1 Å². The highest BCUT2D eigenvalue weighted by atomic mass is 16.6. The quantitative estimate of drug-likeness (QED) is 0.547. The van der Waals surface area contributed by atoms with Crippen molar-refractivity contribution >= 4 is 5.97 Å². The molecule has 0 amide bonds. The molecule has 0 aromatic rings. The van der Waals surface area contributed by atoms with Gasteiger partial charge in [0.15, 0.2) is 0 Å². The second kappa shape index (κ2) is 6.63. The van der Waals surface area contributed by atoms with Gasteiger partial charge in [0.05, 0.1) is 11.5 Å². The van der Waals surface area contributed by atoms with E-state index in [1.54, 1.807) is 0 Å². The number of nitrogens with zero attached hydrogens (tertiary/aromatic N) is 1. The molecule has 0 radical (unpaired) electrons. The standard InChI is InChI=1S/C30H47NO3/c1-18(2)20-9-13-26(3)19-8-15-29-12-6-7-22(29)30(26,24(20)31(29)17-19)16-10-21-27(4)14-11-23(32)28(21,5)25(33)34-27/h18-24,32H,6-17H2,1-5H3/t19-,20-,21-,22-,23+,24+,26+,27+,28+,29-,30+/m1/s1. The topological polar surface area (TPSA) is 49.8 Å². The Balaban J connectivity index is 1.34. The molecule has 34 heavy (non-hydrogen) atoms. The minimum atomic E-state index is -0.726. The normalized spacial score (nSPS) is 61.1. The molecule has 12 atom stereocenters. The summed E-state index contributed by atoms with van der Waals surface area (Å²) in [6.07, 6.45) is 13.1. The van der Waals surface area contributed by atoms with E-state index in [0.717, 1.165) is 42.6 Å². The van der Waals surface area contributed by atoms with E-state index in [9.17, 15) is 9.90 Å². The van der Waals surface area contributed by atoms with Gasteiger partial charge in [0.25, 0.3) is 0 Å². The van der Waals surface area contributed by atoms with E-state index in [0.29, 0.717) is 22.8 Å². The van der Waals surface area contributed by atoms with Crippen LogP contribution in [0.5, 0.6) is 0 Å². The van der Waals surface area contributed by atoms with Gasteiger partial charge in [-0.05, 0) is 113 Å². The van der Waals surface area contributed by atoms with Crippen LogP contribution in [-0.4, -0.2) is 45.8 Å². The lowest BCUT2D eigenvalue weighted by molar-refractivity contribution is -0.186. The van der Waals surface area contributed by atoms with Crippen molar-refractivity contribution in [3.05, 3.63) is 0 Å². The molecule has 7 fully saturated rings. The third kappa shape index (κ3) is 2.22. The molecule has 7 rings (SSSR count). The number of hydrogen-bond acceptors (Lipinski definition) is 4. The Hall–Kier alpha value is -0.610. The van der Waals surface area contributed by atoms with Crippen molar-refractivity contribution in [2.45, 2.75) is 129 Å². The molecule has 0 aromatic heterocycles. The van der Waals surface area contributed by atoms with Crippen LogP contribution in [0.2, 0.25) is 0 Å². The van der Waals surface area contributed by atoms with Crippen molar-refractivity contribution in [2.75, 3.05) is 6.54 Å². The van der Waals surface area contributed by atoms with Gasteiger partial charge in [0, 0.05) is 24.0 Å². The molecule has 190 valence electrons. The Labute approximate surface area is 206 Å². The summed E-state index contributed by atoms with van der Waals surface area (Å²) < 4.78 is 6.08. The smallest absolute Gasteiger partial charge is 0.315 e. The molecular weight excluding hydrogens is 422 g/mol. The number of carbonyl (C=O) groups excluding carboxylic acids is 1. The fourth-order valence-corrected chi connectivity index (χ4v) is 12.5. The summed E-state index contributed by atoms with van der Waals surface area (Å²) in [5.41, 5.74) is 0.131. The second-order valence-electron chi connectivity index (χ2n) is 14.9. The first-order valence-electron chi connectivity index (χ1n) is 14.7. The molecular formula is C30H47NO3. The SMILES string of the molecule is CC(C)[C@H]1CC[C@@]2(C)[C@@H]3CC[C@]45CCC[C@H]4[C@@]2(CC[C@H]2[C@]4(C)C(=O)O[C@@]2(C)CC[C@@H]4O)[C@H]1N5C3. The average Bonchev–Trinajstić information content (AvgIpc) is 3.31. The fraction of sp³-hybridized carbons (Fsp3) is 0.967. The lowest BCUT2D eigenvalue weighted by Gasteiger charge is -2.67. The highest BCUT2D eigenvalue weighted by Crippen LogP contribution is 2.79. The first kappa shape index (κ1) is 22.6. The number of hydrogen-bond donors (Lipinski definition) is 1. The van der Waals surface area contributed by atoms with Gasteiger partial charge in [-0.2, -0.15) is 0 Å². The van der Waals surface area contributed by atoms with Crippen molar-refractivity contribution in [1.29, 1.82) is 0 Å². The van der Waals surface area contributed by atoms with Gasteiger partial charge in [-0.15, -0.1) is 0 Å². The van der Waals surface area contributed by atoms with Gasteiger partial charge >= 0.3 is 5.97 Å². The highest BCUT2D eigenvalue weighted by molar-refractivity contribution is 5.81. The number of rotatable bonds is 4. The Morgan fingerprint density at radius 1 is 1.06 bits per heavy atom. The Morgan fingerprint density at radius 3 is 2.62 bits per heavy atom. The summed E-state index contributed by atoms with van der Waals surface area (Å²) in [6, 6.07) is 0.719. The lowest BCUT2D eigenvalue weighted by atomic mass is 9.41. The molecule has 1 N–H and O–H groups in total. The van der Waals surface area contributed by atoms with Crippen LogP contribution in [0.4, 0.5) is 0 Å². The monoisotopic (exact) mass is 469 g/mol. The van der Waals surface area contributed by atoms with Crippen LogP contribution >= 0.6 is 0 Å². The fourth-order valence-electron chi connectivity index (χ4n) is 12.5. The maximum Gasteiger partial charge on any atom is 0.315 e. The summed E-state index contributed by atoms with van der Waals surface area (Å²) >= 11 is 0. The maximum absolute atomic E-state index is 13.1. The van der Waals surface area contributed by atoms with Crippen molar-refractivity contribution in [3.8, 4) is 0 Å². The largest absolute Gasteiger partial charge is 0.459 e. The molecule has 3 saturated carbocycles. The molecule has 4 nitrogen and oxygen atoms in total. The summed E-state index contributed by atoms with van der Waals surface area (Å²) in [4.78, 5) is 16.2. The van der Waals surface area contributed by atoms with Gasteiger partial charge in [-0.1, -0.05) is 27.2 Å². The van der Waals surface area contributed by atoms with Gasteiger partial charge in [0.2, 0.25) is 0 Å². The van der Waals surface area contributed by atoms with E-state index in [1.807, 2.05) is 6.92 Å². The molecule has 7 aliphatic rings. The molecule has 1 unspecified atom stereocenters. The molecule has 4 heterocycles. The minimum Gasteiger partial charge on any atom is -0.459 e. The van der Waals surface area contributed by atoms with Crippen LogP contribution in [0, 0.1) is 45.8 Å². The Morgan fingerprint density at radius 2 is 1.85 bits per heavy atom. The van der Waals surface area contributed by atoms with Crippen molar-refractivity contribution < 1.29 is 14.6 Å². The molecule has 0 aromatic carbocycles. The van der Waals surface area contributed by atoms with Crippen LogP contribution in [-0.2, 0) is 9.53 Å². The minimum absolute atomic E-state index is 0.136. The Kier molecular flexibility index (Phi) is 4.40. The van der Waals surface area contributed by atoms with Gasteiger partial charge < -0.3 is 9.84 Å². The van der Waals surface area contributed by atoms with Crippen molar-refractivity contribution in [3.63, 3.8) is 0 Å². The van der Waals surface area contributed by atoms with Gasteiger partial charge in [0.1, 0.15) is 5.60 Å². The molecule has 3 aliphatic carbocycles. The predicted octanol–water partition coefficient (Wildman–Crippen LogP) is 5.56. The van der Waals surface area contributed by atoms with Crippen LogP contribution in [0.15, 0.2) is 0 Å². The molecule has 4 heteroatoms. The third-order valence-corrected chi connectivity index (χ3v) is 14.1. The van der Waals surface area contributed by atoms with Crippen LogP contribution in [0.3, 0.4) is 0 Å². The lowest BCUT2D eigenvalue weighted by Crippen LogP contribution is -2.68. The molecule has 7 bridgehead atoms. The van der Waals surface area contributed by atoms with E-state index in [-0.39, 0.29) is 11.9 Å². The average molecular weight is 470 g/mol. The number of aliphatic hydroxyl groups excluding tert-OH is 1. The predicted molar refractivity (Wildman–Crippen MR) is 132 cm³/mol. The number of fused-ring (bicyclic) bond motifs is 4. The summed E-state index contributed by atoms with van der Waals surface area (Å²) in [5.74, 6) is 3.20. The third-order valence-electron chi connectivity index (χ3n) is 14.1. The van der Waals surface area contributed by atoms with Crippen molar-refractivity contribution in [2.24, 2.45) is 45.8 Å². The van der Waals surface area contributed by atoms with Crippen LogP contribution in [0.25, 0.3) is 0 Å². The zero-order chi connectivity index (χ0) is 23.9. The summed E-state index contributed by atoms with van der Waals surface area (Å²) in [5, 5.41) is 11.0. The van der Waals surface area contributed by atoms with E-state index >= 15 is 0 Å². The van der Waals surface area contributed by atoms with E-state index in [1.165, 1.54) is 57.9 Å².